The summed E-state index contributed by atoms with van der Waals surface area (Å²) in [6.45, 7) is 6.34. The summed E-state index contributed by atoms with van der Waals surface area (Å²) in [7, 11) is 0. The summed E-state index contributed by atoms with van der Waals surface area (Å²) in [5.41, 5.74) is 0.493. The minimum atomic E-state index is -2.35. The van der Waals surface area contributed by atoms with Gasteiger partial charge >= 0.3 is 5.97 Å². The summed E-state index contributed by atoms with van der Waals surface area (Å²) in [6, 6.07) is 4.11. The number of carbonyl (C=O) groups excluding carboxylic acids is 2. The Kier molecular flexibility index (Phi) is 29.8. The van der Waals surface area contributed by atoms with Crippen molar-refractivity contribution in [2.45, 2.75) is 218 Å². The topological polar surface area (TPSA) is 213 Å². The maximum Gasteiger partial charge on any atom is 0.364 e. The Morgan fingerprint density at radius 2 is 1.21 bits per heavy atom. The van der Waals surface area contributed by atoms with Crippen molar-refractivity contribution in [1.82, 2.24) is 10.6 Å². The molecule has 14 nitrogen and oxygen atoms in total. The number of aliphatic hydroxyl groups is 4. The number of ether oxygens (including phenoxy) is 4. The molecule has 1 aromatic carbocycles. The monoisotopic (exact) mass is 881 g/mol. The Morgan fingerprint density at radius 3 is 1.71 bits per heavy atom. The number of aliphatic carboxylic acids is 1. The van der Waals surface area contributed by atoms with Crippen LogP contribution in [-0.4, -0.2) is 113 Å². The van der Waals surface area contributed by atoms with Gasteiger partial charge in [-0.1, -0.05) is 142 Å². The number of carbonyl (C=O) groups is 3. The molecule has 1 saturated heterocycles. The summed E-state index contributed by atoms with van der Waals surface area (Å²) < 4.78 is 23.7. The highest BCUT2D eigenvalue weighted by Gasteiger charge is 2.55. The van der Waals surface area contributed by atoms with E-state index in [0.29, 0.717) is 62.5 Å². The van der Waals surface area contributed by atoms with Crippen LogP contribution in [0.4, 0.5) is 0 Å². The third kappa shape index (κ3) is 22.1. The zero-order chi connectivity index (χ0) is 45.4. The first kappa shape index (κ1) is 55.1. The van der Waals surface area contributed by atoms with E-state index in [1.165, 1.54) is 110 Å². The molecule has 1 aliphatic rings. The molecule has 62 heavy (non-hydrogen) atoms. The first-order valence-electron chi connectivity index (χ1n) is 24.1. The molecule has 0 bridgehead atoms. The van der Waals surface area contributed by atoms with Crippen LogP contribution in [-0.2, 0) is 19.1 Å². The maximum absolute atomic E-state index is 13.2. The summed E-state index contributed by atoms with van der Waals surface area (Å²) in [4.78, 5) is 37.3. The van der Waals surface area contributed by atoms with Crippen molar-refractivity contribution in [2.75, 3.05) is 33.0 Å². The van der Waals surface area contributed by atoms with E-state index in [4.69, 9.17) is 18.9 Å². The third-order valence-corrected chi connectivity index (χ3v) is 11.6. The van der Waals surface area contributed by atoms with Gasteiger partial charge in [-0.15, -0.1) is 0 Å². The first-order valence-corrected chi connectivity index (χ1v) is 24.1. The van der Waals surface area contributed by atoms with Crippen molar-refractivity contribution in [3.63, 3.8) is 0 Å². The van der Waals surface area contributed by atoms with Gasteiger partial charge in [-0.2, -0.15) is 0 Å². The van der Waals surface area contributed by atoms with Crippen molar-refractivity contribution >= 4 is 17.8 Å². The van der Waals surface area contributed by atoms with Crippen LogP contribution in [0.5, 0.6) is 11.5 Å². The molecule has 0 aromatic heterocycles. The van der Waals surface area contributed by atoms with Gasteiger partial charge in [0.2, 0.25) is 5.91 Å². The predicted molar refractivity (Wildman–Crippen MR) is 240 cm³/mol. The normalized spacial score (nSPS) is 19.8. The molecule has 0 saturated carbocycles. The van der Waals surface area contributed by atoms with Crippen molar-refractivity contribution < 1.29 is 58.9 Å². The molecule has 2 amide bonds. The van der Waals surface area contributed by atoms with E-state index >= 15 is 0 Å². The number of hydrogen-bond donors (Lipinski definition) is 7. The fraction of sp³-hybridized carbons (Fsp3) is 0.812. The van der Waals surface area contributed by atoms with Gasteiger partial charge in [0.25, 0.3) is 11.7 Å². The van der Waals surface area contributed by atoms with Gasteiger partial charge in [-0.25, -0.2) is 4.79 Å². The zero-order valence-corrected chi connectivity index (χ0v) is 38.4. The van der Waals surface area contributed by atoms with Crippen LogP contribution in [0, 0.1) is 0 Å². The molecule has 7 N–H and O–H groups in total. The number of nitrogens with one attached hydrogen (secondary N) is 2. The summed E-state index contributed by atoms with van der Waals surface area (Å²) >= 11 is 0. The van der Waals surface area contributed by atoms with E-state index in [1.807, 2.05) is 6.07 Å². The lowest BCUT2D eigenvalue weighted by molar-refractivity contribution is -0.311. The number of rotatable bonds is 38. The highest BCUT2D eigenvalue weighted by molar-refractivity contribution is 5.94. The fourth-order valence-electron chi connectivity index (χ4n) is 7.82. The molecule has 6 atom stereocenters. The Balaban J connectivity index is 1.84. The Hall–Kier alpha value is -3.01. The number of unbranched alkanes of at least 4 members (excludes halogenated alkanes) is 21. The second-order valence-corrected chi connectivity index (χ2v) is 17.1. The van der Waals surface area contributed by atoms with Crippen molar-refractivity contribution in [3.05, 3.63) is 23.8 Å². The second kappa shape index (κ2) is 33.5. The molecular weight excluding hydrogens is 797 g/mol. The quantitative estimate of drug-likeness (QED) is 0.0318. The molecule has 14 heteroatoms. The average Bonchev–Trinajstić information content (AvgIpc) is 3.25. The molecule has 2 rings (SSSR count). The van der Waals surface area contributed by atoms with Gasteiger partial charge < -0.3 is 55.1 Å². The van der Waals surface area contributed by atoms with Gasteiger partial charge in [0.15, 0.2) is 11.5 Å². The molecule has 1 aliphatic heterocycles. The number of carboxylic acids is 1. The third-order valence-electron chi connectivity index (χ3n) is 11.6. The number of aliphatic hydroxyl groups excluding tert-OH is 4. The van der Waals surface area contributed by atoms with Crippen molar-refractivity contribution in [2.24, 2.45) is 0 Å². The Labute approximate surface area is 372 Å². The van der Waals surface area contributed by atoms with Crippen molar-refractivity contribution in [3.8, 4) is 11.5 Å². The van der Waals surface area contributed by atoms with Crippen LogP contribution in [0.3, 0.4) is 0 Å². The van der Waals surface area contributed by atoms with Crippen LogP contribution >= 0.6 is 0 Å². The van der Waals surface area contributed by atoms with Crippen LogP contribution in [0.25, 0.3) is 0 Å². The summed E-state index contributed by atoms with van der Waals surface area (Å²) in [5.74, 6) is -3.43. The maximum atomic E-state index is 13.2. The summed E-state index contributed by atoms with van der Waals surface area (Å²) in [5, 5.41) is 56.2. The number of amides is 2. The van der Waals surface area contributed by atoms with E-state index in [0.717, 1.165) is 25.7 Å². The van der Waals surface area contributed by atoms with Crippen LogP contribution < -0.4 is 20.1 Å². The van der Waals surface area contributed by atoms with Gasteiger partial charge in [0.05, 0.1) is 38.6 Å². The Morgan fingerprint density at radius 1 is 0.726 bits per heavy atom. The Bertz CT molecular complexity index is 1350. The second-order valence-electron chi connectivity index (χ2n) is 17.1. The van der Waals surface area contributed by atoms with Gasteiger partial charge in [-0.05, 0) is 43.9 Å². The van der Waals surface area contributed by atoms with Crippen molar-refractivity contribution in [1.29, 1.82) is 0 Å². The lowest BCUT2D eigenvalue weighted by Crippen LogP contribution is -2.67. The average molecular weight is 881 g/mol. The van der Waals surface area contributed by atoms with Gasteiger partial charge in [-0.3, -0.25) is 9.59 Å². The lowest BCUT2D eigenvalue weighted by atomic mass is 9.88. The van der Waals surface area contributed by atoms with Crippen LogP contribution in [0.1, 0.15) is 192 Å². The van der Waals surface area contributed by atoms with E-state index < -0.39 is 61.1 Å². The molecule has 1 heterocycles. The molecular formula is C48H84N2O12. The van der Waals surface area contributed by atoms with E-state index in [2.05, 4.69) is 24.5 Å². The SMILES string of the molecule is CCCCCCCCCCCCOc1ccc(C(=O)NCCCCCCO[C@]2(C(=O)O)C[C@H](O)[C@@H](NC(C)=O)[C@H]([C@H](O)[C@H](O)CO)O2)cc1OCCCCCCCCCCCC. The minimum absolute atomic E-state index is 0.0585. The summed E-state index contributed by atoms with van der Waals surface area (Å²) in [6.07, 6.45) is 20.2. The highest BCUT2D eigenvalue weighted by atomic mass is 16.7. The number of carboxylic acid groups (broad SMARTS) is 1. The van der Waals surface area contributed by atoms with E-state index in [1.54, 1.807) is 12.1 Å². The van der Waals surface area contributed by atoms with E-state index in [9.17, 15) is 39.9 Å². The molecule has 1 aromatic rings. The van der Waals surface area contributed by atoms with Crippen LogP contribution in [0.15, 0.2) is 18.2 Å². The lowest BCUT2D eigenvalue weighted by Gasteiger charge is -2.46. The number of benzene rings is 1. The van der Waals surface area contributed by atoms with Gasteiger partial charge in [0, 0.05) is 25.5 Å². The van der Waals surface area contributed by atoms with E-state index in [-0.39, 0.29) is 12.5 Å². The highest BCUT2D eigenvalue weighted by Crippen LogP contribution is 2.34. The molecule has 0 spiro atoms. The zero-order valence-electron chi connectivity index (χ0n) is 38.4. The molecule has 1 fully saturated rings. The smallest absolute Gasteiger partial charge is 0.364 e. The molecule has 0 radical (unpaired) electrons. The number of hydrogen-bond acceptors (Lipinski definition) is 11. The first-order chi connectivity index (χ1) is 30.0. The fourth-order valence-corrected chi connectivity index (χ4v) is 7.82. The largest absolute Gasteiger partial charge is 0.490 e. The van der Waals surface area contributed by atoms with Gasteiger partial charge in [0.1, 0.15) is 18.3 Å². The standard InChI is InChI=1S/C48H84N2O12/c1-4-6-8-10-12-14-16-18-21-25-31-59-41-29-28-38(34-42(41)60-32-26-22-19-17-15-13-11-9-7-5-2)46(56)49-30-24-20-23-27-33-61-48(47(57)58)35-39(53)43(50-37(3)52)45(62-48)44(55)40(54)36-51/h28-29,34,39-40,43-45,51,53-55H,4-27,30-33,35-36H2,1-3H3,(H,49,56)(H,50,52)(H,57,58)/t39-,40+,43+,44+,45+,48+/m0/s1. The van der Waals surface area contributed by atoms with Crippen LogP contribution in [0.2, 0.25) is 0 Å². The molecule has 358 valence electrons. The molecule has 0 aliphatic carbocycles. The molecule has 0 unspecified atom stereocenters. The minimum Gasteiger partial charge on any atom is -0.490 e. The predicted octanol–water partition coefficient (Wildman–Crippen LogP) is 7.74.